The van der Waals surface area contributed by atoms with Crippen molar-refractivity contribution in [2.75, 3.05) is 17.3 Å². The fourth-order valence-electron chi connectivity index (χ4n) is 1.96. The predicted octanol–water partition coefficient (Wildman–Crippen LogP) is 3.52. The van der Waals surface area contributed by atoms with Crippen molar-refractivity contribution in [2.45, 2.75) is 0 Å². The van der Waals surface area contributed by atoms with Crippen LogP contribution >= 0.6 is 0 Å². The number of hydrogen-bond donors (Lipinski definition) is 1. The fraction of sp³-hybridized carbons (Fsp3) is 0.0625. The Kier molecular flexibility index (Phi) is 3.91. The summed E-state index contributed by atoms with van der Waals surface area (Å²) in [5, 5.41) is 10.9. The van der Waals surface area contributed by atoms with Gasteiger partial charge in [0.1, 0.15) is 5.82 Å². The van der Waals surface area contributed by atoms with E-state index in [2.05, 4.69) is 20.5 Å². The van der Waals surface area contributed by atoms with Crippen LogP contribution in [0.1, 0.15) is 0 Å². The number of halogens is 1. The molecule has 0 aliphatic rings. The van der Waals surface area contributed by atoms with Crippen LogP contribution in [0.15, 0.2) is 60.8 Å². The Bertz CT molecular complexity index is 746. The van der Waals surface area contributed by atoms with E-state index in [1.165, 1.54) is 12.1 Å². The zero-order chi connectivity index (χ0) is 15.4. The normalized spacial score (nSPS) is 10.3. The maximum Gasteiger partial charge on any atom is 0.249 e. The van der Waals surface area contributed by atoms with Gasteiger partial charge < -0.3 is 10.2 Å². The molecule has 1 N–H and O–H groups in total. The topological polar surface area (TPSA) is 53.9 Å². The summed E-state index contributed by atoms with van der Waals surface area (Å²) >= 11 is 0. The maximum atomic E-state index is 12.9. The van der Waals surface area contributed by atoms with Crippen LogP contribution < -0.4 is 10.2 Å². The average Bonchev–Trinajstić information content (AvgIpc) is 2.57. The van der Waals surface area contributed by atoms with Crippen LogP contribution in [-0.4, -0.2) is 22.2 Å². The Morgan fingerprint density at radius 2 is 1.73 bits per heavy atom. The highest BCUT2D eigenvalue weighted by Gasteiger charge is 2.07. The molecule has 22 heavy (non-hydrogen) atoms. The van der Waals surface area contributed by atoms with Crippen LogP contribution in [-0.2, 0) is 0 Å². The molecule has 0 spiro atoms. The highest BCUT2D eigenvalue weighted by atomic mass is 19.1. The van der Waals surface area contributed by atoms with Crippen LogP contribution in [0.5, 0.6) is 0 Å². The molecule has 0 radical (unpaired) electrons. The van der Waals surface area contributed by atoms with E-state index in [1.807, 2.05) is 42.3 Å². The summed E-state index contributed by atoms with van der Waals surface area (Å²) in [7, 11) is 1.90. The Balaban J connectivity index is 1.82. The molecule has 5 nitrogen and oxygen atoms in total. The van der Waals surface area contributed by atoms with E-state index in [1.54, 1.807) is 18.3 Å². The molecule has 0 atom stereocenters. The molecule has 0 fully saturated rings. The van der Waals surface area contributed by atoms with E-state index in [0.29, 0.717) is 17.5 Å². The van der Waals surface area contributed by atoms with Gasteiger partial charge in [-0.1, -0.05) is 18.2 Å². The number of aromatic nitrogens is 3. The van der Waals surface area contributed by atoms with Crippen LogP contribution in [0, 0.1) is 5.82 Å². The zero-order valence-electron chi connectivity index (χ0n) is 11.9. The van der Waals surface area contributed by atoms with Crippen LogP contribution in [0.3, 0.4) is 0 Å². The van der Waals surface area contributed by atoms with Gasteiger partial charge in [-0.05, 0) is 36.4 Å². The monoisotopic (exact) mass is 295 g/mol. The quantitative estimate of drug-likeness (QED) is 0.798. The van der Waals surface area contributed by atoms with Crippen molar-refractivity contribution in [3.8, 4) is 0 Å². The van der Waals surface area contributed by atoms with Crippen molar-refractivity contribution in [3.05, 3.63) is 66.6 Å². The van der Waals surface area contributed by atoms with Gasteiger partial charge in [0.05, 0.1) is 6.20 Å². The molecule has 0 saturated heterocycles. The molecule has 0 saturated carbocycles. The summed E-state index contributed by atoms with van der Waals surface area (Å²) in [6.45, 7) is 0. The van der Waals surface area contributed by atoms with Gasteiger partial charge in [0.15, 0.2) is 5.82 Å². The first-order valence-corrected chi connectivity index (χ1v) is 6.73. The fourth-order valence-corrected chi connectivity index (χ4v) is 1.96. The van der Waals surface area contributed by atoms with Gasteiger partial charge in [0, 0.05) is 18.4 Å². The molecule has 0 unspecified atom stereocenters. The molecular formula is C16H14FN5. The van der Waals surface area contributed by atoms with Crippen LogP contribution in [0.25, 0.3) is 0 Å². The summed E-state index contributed by atoms with van der Waals surface area (Å²) < 4.78 is 12.9. The number of anilines is 4. The summed E-state index contributed by atoms with van der Waals surface area (Å²) in [4.78, 5) is 6.32. The van der Waals surface area contributed by atoms with E-state index in [0.717, 1.165) is 5.69 Å². The summed E-state index contributed by atoms with van der Waals surface area (Å²) in [5.74, 6) is 0.722. The van der Waals surface area contributed by atoms with Gasteiger partial charge in [-0.3, -0.25) is 0 Å². The van der Waals surface area contributed by atoms with E-state index in [9.17, 15) is 4.39 Å². The minimum absolute atomic E-state index is 0.290. The van der Waals surface area contributed by atoms with E-state index in [-0.39, 0.29) is 5.82 Å². The van der Waals surface area contributed by atoms with Crippen molar-refractivity contribution in [1.29, 1.82) is 0 Å². The molecule has 0 amide bonds. The Labute approximate surface area is 127 Å². The molecular weight excluding hydrogens is 281 g/mol. The first-order chi connectivity index (χ1) is 10.7. The predicted molar refractivity (Wildman–Crippen MR) is 84.0 cm³/mol. The minimum atomic E-state index is -0.290. The van der Waals surface area contributed by atoms with Gasteiger partial charge in [-0.15, -0.1) is 5.10 Å². The van der Waals surface area contributed by atoms with Crippen molar-refractivity contribution < 1.29 is 4.39 Å². The molecule has 3 rings (SSSR count). The number of benzene rings is 2. The number of nitrogens with one attached hydrogen (secondary N) is 1. The number of hydrogen-bond acceptors (Lipinski definition) is 5. The lowest BCUT2D eigenvalue weighted by atomic mass is 10.3. The second kappa shape index (κ2) is 6.17. The number of para-hydroxylation sites is 1. The Morgan fingerprint density at radius 3 is 2.45 bits per heavy atom. The molecule has 0 bridgehead atoms. The first-order valence-electron chi connectivity index (χ1n) is 6.73. The third kappa shape index (κ3) is 3.17. The third-order valence-electron chi connectivity index (χ3n) is 3.13. The highest BCUT2D eigenvalue weighted by Crippen LogP contribution is 2.21. The van der Waals surface area contributed by atoms with E-state index >= 15 is 0 Å². The minimum Gasteiger partial charge on any atom is -0.328 e. The molecule has 0 aliphatic heterocycles. The second-order valence-corrected chi connectivity index (χ2v) is 4.66. The molecule has 2 aromatic carbocycles. The molecule has 6 heteroatoms. The van der Waals surface area contributed by atoms with Gasteiger partial charge >= 0.3 is 0 Å². The van der Waals surface area contributed by atoms with Crippen molar-refractivity contribution in [2.24, 2.45) is 0 Å². The van der Waals surface area contributed by atoms with Crippen LogP contribution in [0.4, 0.5) is 27.5 Å². The molecule has 1 aromatic heterocycles. The molecule has 1 heterocycles. The highest BCUT2D eigenvalue weighted by molar-refractivity contribution is 5.60. The van der Waals surface area contributed by atoms with E-state index < -0.39 is 0 Å². The summed E-state index contributed by atoms with van der Waals surface area (Å²) in [5.41, 5.74) is 1.69. The largest absolute Gasteiger partial charge is 0.328 e. The van der Waals surface area contributed by atoms with Gasteiger partial charge in [0.25, 0.3) is 0 Å². The zero-order valence-corrected chi connectivity index (χ0v) is 11.9. The van der Waals surface area contributed by atoms with Crippen molar-refractivity contribution in [3.63, 3.8) is 0 Å². The van der Waals surface area contributed by atoms with Crippen molar-refractivity contribution >= 4 is 23.1 Å². The second-order valence-electron chi connectivity index (χ2n) is 4.66. The summed E-state index contributed by atoms with van der Waals surface area (Å²) in [6.07, 6.45) is 1.59. The maximum absolute atomic E-state index is 12.9. The van der Waals surface area contributed by atoms with Gasteiger partial charge in [-0.25, -0.2) is 4.39 Å². The van der Waals surface area contributed by atoms with E-state index in [4.69, 9.17) is 0 Å². The van der Waals surface area contributed by atoms with Gasteiger partial charge in [-0.2, -0.15) is 10.1 Å². The lowest BCUT2D eigenvalue weighted by Gasteiger charge is -2.18. The summed E-state index contributed by atoms with van der Waals surface area (Å²) in [6, 6.07) is 15.8. The lowest BCUT2D eigenvalue weighted by molar-refractivity contribution is 0.628. The van der Waals surface area contributed by atoms with Crippen LogP contribution in [0.2, 0.25) is 0 Å². The first kappa shape index (κ1) is 13.9. The standard InChI is InChI=1S/C16H14FN5/c1-22(14-5-3-2-4-6-14)15-11-18-21-16(20-15)19-13-9-7-12(17)8-10-13/h2-11H,1H3,(H,19,20,21). The SMILES string of the molecule is CN(c1ccccc1)c1cnnc(Nc2ccc(F)cc2)n1. The van der Waals surface area contributed by atoms with Gasteiger partial charge in [0.2, 0.25) is 5.95 Å². The van der Waals surface area contributed by atoms with Crippen molar-refractivity contribution in [1.82, 2.24) is 15.2 Å². The smallest absolute Gasteiger partial charge is 0.249 e. The average molecular weight is 295 g/mol. The molecule has 0 aliphatic carbocycles. The molecule has 3 aromatic rings. The number of rotatable bonds is 4. The Morgan fingerprint density at radius 1 is 1.00 bits per heavy atom. The lowest BCUT2D eigenvalue weighted by Crippen LogP contribution is -2.13. The Hall–Kier alpha value is -3.02. The number of nitrogens with zero attached hydrogens (tertiary/aromatic N) is 4. The molecule has 110 valence electrons. The third-order valence-corrected chi connectivity index (χ3v) is 3.13.